The Hall–Kier alpha value is -1.59. The van der Waals surface area contributed by atoms with Crippen LogP contribution < -0.4 is 5.32 Å². The van der Waals surface area contributed by atoms with Crippen LogP contribution in [0.2, 0.25) is 10.6 Å². The van der Waals surface area contributed by atoms with Crippen molar-refractivity contribution >= 4 is 62.4 Å². The second kappa shape index (κ2) is 6.67. The van der Waals surface area contributed by atoms with Gasteiger partial charge in [-0.2, -0.15) is 23.4 Å². The molecule has 0 saturated heterocycles. The molecule has 116 valence electrons. The minimum atomic E-state index is -4.48. The summed E-state index contributed by atoms with van der Waals surface area (Å²) in [6.45, 7) is 0. The number of rotatable bonds is 4. The summed E-state index contributed by atoms with van der Waals surface area (Å²) in [6.07, 6.45) is 0. The molecule has 0 amide bonds. The predicted octanol–water partition coefficient (Wildman–Crippen LogP) is 3.41. The number of anilines is 2. The van der Waals surface area contributed by atoms with Crippen molar-refractivity contribution in [2.24, 2.45) is 9.75 Å². The molecule has 0 atom stereocenters. The summed E-state index contributed by atoms with van der Waals surface area (Å²) in [7, 11) is -4.48. The molecule has 22 heavy (non-hydrogen) atoms. The monoisotopic (exact) mass is 382 g/mol. The molecule has 0 radical (unpaired) electrons. The van der Waals surface area contributed by atoms with Crippen LogP contribution in [-0.4, -0.2) is 27.9 Å². The molecule has 1 aromatic heterocycles. The fraction of sp³-hybridized carbons (Fsp3) is 0. The summed E-state index contributed by atoms with van der Waals surface area (Å²) in [4.78, 5) is 10.7. The summed E-state index contributed by atoms with van der Waals surface area (Å²) in [5.41, 5.74) is 0.138. The van der Waals surface area contributed by atoms with Crippen molar-refractivity contribution in [3.63, 3.8) is 0 Å². The summed E-state index contributed by atoms with van der Waals surface area (Å²) in [5, 5.41) is 5.87. The Labute approximate surface area is 139 Å². The molecule has 0 bridgehead atoms. The number of hydrogen-bond acceptors (Lipinski definition) is 8. The molecule has 0 fully saturated rings. The van der Waals surface area contributed by atoms with Gasteiger partial charge in [-0.1, -0.05) is 4.63 Å². The molecule has 0 unspecified atom stereocenters. The second-order valence-electron chi connectivity index (χ2n) is 3.66. The summed E-state index contributed by atoms with van der Waals surface area (Å²) in [5.74, 6) is 0.0263. The van der Waals surface area contributed by atoms with Crippen LogP contribution in [0.15, 0.2) is 32.8 Å². The van der Waals surface area contributed by atoms with E-state index in [4.69, 9.17) is 39.5 Å². The molecule has 0 saturated carbocycles. The molecule has 9 nitrogen and oxygen atoms in total. The summed E-state index contributed by atoms with van der Waals surface area (Å²) < 4.78 is 34.5. The third-order valence-electron chi connectivity index (χ3n) is 2.22. The average Bonchev–Trinajstić information content (AvgIpc) is 2.36. The molecule has 2 aromatic rings. The van der Waals surface area contributed by atoms with Gasteiger partial charge in [-0.25, -0.2) is 0 Å². The Morgan fingerprint density at radius 2 is 1.77 bits per heavy atom. The lowest BCUT2D eigenvalue weighted by atomic mass is 10.3. The normalized spacial score (nSPS) is 11.8. The first-order valence-corrected chi connectivity index (χ1v) is 7.80. The standard InChI is InChI=1S/C9H5Cl3N6O3S/c10-7-14-8(11)16-9(15-7)13-4-1-2-6(22(19,20)21)5(3-4)17-18-12/h1-3H,(H,19,20,21)(H,13,14,15,16)/b18-17+. The van der Waals surface area contributed by atoms with Crippen molar-refractivity contribution in [3.8, 4) is 0 Å². The SMILES string of the molecule is O=S(=O)(O)c1ccc(Nc2nc(Cl)nc(Cl)n2)cc1/N=N/Cl. The smallest absolute Gasteiger partial charge is 0.296 e. The third kappa shape index (κ3) is 4.21. The summed E-state index contributed by atoms with van der Waals surface area (Å²) >= 11 is 16.4. The number of halogens is 3. The Morgan fingerprint density at radius 3 is 2.32 bits per heavy atom. The zero-order chi connectivity index (χ0) is 16.3. The van der Waals surface area contributed by atoms with Crippen molar-refractivity contribution in [2.75, 3.05) is 5.32 Å². The van der Waals surface area contributed by atoms with E-state index in [1.165, 1.54) is 12.1 Å². The molecule has 1 aromatic carbocycles. The molecule has 0 aliphatic carbocycles. The average molecular weight is 384 g/mol. The highest BCUT2D eigenvalue weighted by Crippen LogP contribution is 2.29. The molecular formula is C9H5Cl3N6O3S. The van der Waals surface area contributed by atoms with Crippen LogP contribution in [0.1, 0.15) is 0 Å². The van der Waals surface area contributed by atoms with E-state index in [2.05, 4.69) is 30.0 Å². The maximum atomic E-state index is 11.2. The number of aromatic nitrogens is 3. The van der Waals surface area contributed by atoms with Crippen LogP contribution in [0.4, 0.5) is 17.3 Å². The summed E-state index contributed by atoms with van der Waals surface area (Å²) in [6, 6.07) is 3.69. The molecule has 13 heteroatoms. The number of hydrogen-bond donors (Lipinski definition) is 2. The Morgan fingerprint density at radius 1 is 1.14 bits per heavy atom. The van der Waals surface area contributed by atoms with Gasteiger partial charge in [0.1, 0.15) is 10.6 Å². The van der Waals surface area contributed by atoms with Crippen LogP contribution in [0, 0.1) is 0 Å². The van der Waals surface area contributed by atoms with Crippen molar-refractivity contribution in [2.45, 2.75) is 4.90 Å². The number of nitrogens with one attached hydrogen (secondary N) is 1. The van der Waals surface area contributed by atoms with Crippen molar-refractivity contribution < 1.29 is 13.0 Å². The highest BCUT2D eigenvalue weighted by molar-refractivity contribution is 7.86. The van der Waals surface area contributed by atoms with Gasteiger partial charge in [0.15, 0.2) is 0 Å². The highest BCUT2D eigenvalue weighted by atomic mass is 35.5. The Bertz CT molecular complexity index is 824. The predicted molar refractivity (Wildman–Crippen MR) is 79.8 cm³/mol. The molecule has 2 rings (SSSR count). The van der Waals surface area contributed by atoms with Gasteiger partial charge in [0.2, 0.25) is 16.5 Å². The van der Waals surface area contributed by atoms with Gasteiger partial charge in [0.05, 0.1) is 11.8 Å². The van der Waals surface area contributed by atoms with E-state index in [1.807, 2.05) is 0 Å². The molecule has 0 spiro atoms. The van der Waals surface area contributed by atoms with Crippen LogP contribution in [0.5, 0.6) is 0 Å². The fourth-order valence-electron chi connectivity index (χ4n) is 1.44. The fourth-order valence-corrected chi connectivity index (χ4v) is 2.49. The lowest BCUT2D eigenvalue weighted by Crippen LogP contribution is -2.01. The van der Waals surface area contributed by atoms with E-state index in [-0.39, 0.29) is 22.2 Å². The van der Waals surface area contributed by atoms with Crippen LogP contribution in [0.25, 0.3) is 0 Å². The highest BCUT2D eigenvalue weighted by Gasteiger charge is 2.16. The minimum Gasteiger partial charge on any atom is -0.324 e. The van der Waals surface area contributed by atoms with Gasteiger partial charge < -0.3 is 5.32 Å². The first-order chi connectivity index (χ1) is 10.3. The molecule has 2 N–H and O–H groups in total. The molecular weight excluding hydrogens is 379 g/mol. The Balaban J connectivity index is 2.43. The number of nitrogens with zero attached hydrogens (tertiary/aromatic N) is 5. The largest absolute Gasteiger partial charge is 0.324 e. The van der Waals surface area contributed by atoms with E-state index in [9.17, 15) is 8.42 Å². The maximum absolute atomic E-state index is 11.2. The zero-order valence-corrected chi connectivity index (χ0v) is 13.4. The van der Waals surface area contributed by atoms with E-state index >= 15 is 0 Å². The second-order valence-corrected chi connectivity index (χ2v) is 5.87. The van der Waals surface area contributed by atoms with E-state index in [0.29, 0.717) is 5.69 Å². The third-order valence-corrected chi connectivity index (χ3v) is 3.53. The van der Waals surface area contributed by atoms with E-state index in [1.54, 1.807) is 0 Å². The van der Waals surface area contributed by atoms with Crippen LogP contribution in [-0.2, 0) is 10.1 Å². The zero-order valence-electron chi connectivity index (χ0n) is 10.3. The van der Waals surface area contributed by atoms with E-state index < -0.39 is 15.0 Å². The van der Waals surface area contributed by atoms with Crippen molar-refractivity contribution in [1.29, 1.82) is 0 Å². The lowest BCUT2D eigenvalue weighted by molar-refractivity contribution is 0.483. The van der Waals surface area contributed by atoms with Crippen LogP contribution >= 0.6 is 35.0 Å². The molecule has 0 aliphatic rings. The first kappa shape index (κ1) is 16.8. The number of benzene rings is 1. The van der Waals surface area contributed by atoms with Crippen molar-refractivity contribution in [1.82, 2.24) is 15.0 Å². The van der Waals surface area contributed by atoms with Gasteiger partial charge in [-0.15, -0.1) is 5.11 Å². The quantitative estimate of drug-likeness (QED) is 0.611. The topological polar surface area (TPSA) is 130 Å². The van der Waals surface area contributed by atoms with E-state index in [0.717, 1.165) is 6.07 Å². The molecule has 1 heterocycles. The maximum Gasteiger partial charge on any atom is 0.296 e. The lowest BCUT2D eigenvalue weighted by Gasteiger charge is -2.07. The van der Waals surface area contributed by atoms with Gasteiger partial charge >= 0.3 is 0 Å². The van der Waals surface area contributed by atoms with Gasteiger partial charge in [0, 0.05) is 5.69 Å². The minimum absolute atomic E-state index is 0.0263. The molecule has 0 aliphatic heterocycles. The van der Waals surface area contributed by atoms with Gasteiger partial charge in [0.25, 0.3) is 10.1 Å². The Kier molecular flexibility index (Phi) is 5.08. The first-order valence-electron chi connectivity index (χ1n) is 5.27. The van der Waals surface area contributed by atoms with Crippen molar-refractivity contribution in [3.05, 3.63) is 28.8 Å². The van der Waals surface area contributed by atoms with Gasteiger partial charge in [-0.3, -0.25) is 4.55 Å². The van der Waals surface area contributed by atoms with Gasteiger partial charge in [-0.05, 0) is 41.4 Å². The van der Waals surface area contributed by atoms with Crippen LogP contribution in [0.3, 0.4) is 0 Å².